The molecule has 0 aromatic heterocycles. The van der Waals surface area contributed by atoms with Gasteiger partial charge >= 0.3 is 0 Å². The van der Waals surface area contributed by atoms with E-state index in [9.17, 15) is 0 Å². The molecule has 0 N–H and O–H groups in total. The average molecular weight is 159 g/mol. The van der Waals surface area contributed by atoms with Gasteiger partial charge < -0.3 is 0 Å². The van der Waals surface area contributed by atoms with E-state index in [1.165, 1.54) is 24.8 Å². The molecule has 0 amide bonds. The van der Waals surface area contributed by atoms with Crippen LogP contribution in [0.1, 0.15) is 33.1 Å². The maximum atomic E-state index is 5.75. The van der Waals surface area contributed by atoms with Crippen LogP contribution in [0, 0.1) is 5.92 Å². The zero-order valence-corrected chi connectivity index (χ0v) is 7.54. The molecule has 0 fully saturated rings. The van der Waals surface area contributed by atoms with E-state index in [0.29, 0.717) is 0 Å². The van der Waals surface area contributed by atoms with Gasteiger partial charge in [-0.2, -0.15) is 0 Å². The van der Waals surface area contributed by atoms with Crippen molar-refractivity contribution in [2.45, 2.75) is 33.1 Å². The number of allylic oxidation sites excluding steroid dienone is 2. The third-order valence-electron chi connectivity index (χ3n) is 2.27. The molecule has 0 bridgehead atoms. The first-order valence-corrected chi connectivity index (χ1v) is 4.66. The van der Waals surface area contributed by atoms with Gasteiger partial charge in [-0.3, -0.25) is 0 Å². The largest absolute Gasteiger partial charge is 0.122 e. The highest BCUT2D eigenvalue weighted by atomic mass is 35.5. The Morgan fingerprint density at radius 2 is 2.00 bits per heavy atom. The van der Waals surface area contributed by atoms with Crippen molar-refractivity contribution < 1.29 is 0 Å². The summed E-state index contributed by atoms with van der Waals surface area (Å²) in [5.74, 6) is 1.58. The minimum atomic E-state index is 0.772. The van der Waals surface area contributed by atoms with Crippen molar-refractivity contribution in [3.63, 3.8) is 0 Å². The van der Waals surface area contributed by atoms with Gasteiger partial charge in [-0.25, -0.2) is 0 Å². The normalized spacial score (nSPS) is 23.7. The van der Waals surface area contributed by atoms with Crippen LogP contribution < -0.4 is 0 Å². The Balaban J connectivity index is 2.32. The highest BCUT2D eigenvalue weighted by Gasteiger charge is 2.32. The highest BCUT2D eigenvalue weighted by Crippen LogP contribution is 2.44. The van der Waals surface area contributed by atoms with Crippen LogP contribution in [-0.2, 0) is 0 Å². The minimum Gasteiger partial charge on any atom is -0.122 e. The van der Waals surface area contributed by atoms with Gasteiger partial charge in [0.2, 0.25) is 0 Å². The molecular weight excluding hydrogens is 144 g/mol. The zero-order valence-electron chi connectivity index (χ0n) is 6.78. The Kier molecular flexibility index (Phi) is 2.79. The topological polar surface area (TPSA) is 0 Å². The van der Waals surface area contributed by atoms with Gasteiger partial charge in [-0.05, 0) is 18.4 Å². The Labute approximate surface area is 68.3 Å². The SMILES string of the molecule is CCCC1C(CC)=C1CCl. The molecule has 10 heavy (non-hydrogen) atoms. The zero-order chi connectivity index (χ0) is 7.56. The second-order valence-corrected chi connectivity index (χ2v) is 3.15. The molecule has 0 heterocycles. The number of hydrogen-bond acceptors (Lipinski definition) is 0. The second kappa shape index (κ2) is 3.43. The number of alkyl halides is 1. The van der Waals surface area contributed by atoms with E-state index >= 15 is 0 Å². The summed E-state index contributed by atoms with van der Waals surface area (Å²) in [6.45, 7) is 4.45. The van der Waals surface area contributed by atoms with Crippen LogP contribution in [0.25, 0.3) is 0 Å². The molecule has 0 spiro atoms. The van der Waals surface area contributed by atoms with Gasteiger partial charge in [0.15, 0.2) is 0 Å². The second-order valence-electron chi connectivity index (χ2n) is 2.88. The molecule has 0 saturated carbocycles. The molecule has 1 rings (SSSR count). The number of rotatable bonds is 4. The van der Waals surface area contributed by atoms with E-state index in [1.807, 2.05) is 0 Å². The van der Waals surface area contributed by atoms with E-state index in [0.717, 1.165) is 11.8 Å². The van der Waals surface area contributed by atoms with Crippen LogP contribution in [0.15, 0.2) is 11.1 Å². The van der Waals surface area contributed by atoms with Crippen molar-refractivity contribution in [3.05, 3.63) is 11.1 Å². The van der Waals surface area contributed by atoms with Gasteiger partial charge in [0.25, 0.3) is 0 Å². The summed E-state index contributed by atoms with van der Waals surface area (Å²) in [6, 6.07) is 0. The molecule has 1 aliphatic rings. The fourth-order valence-corrected chi connectivity index (χ4v) is 2.02. The molecule has 1 heteroatoms. The summed E-state index contributed by atoms with van der Waals surface area (Å²) in [4.78, 5) is 0. The van der Waals surface area contributed by atoms with Crippen LogP contribution in [-0.4, -0.2) is 5.88 Å². The smallest absolute Gasteiger partial charge is 0.0442 e. The van der Waals surface area contributed by atoms with Crippen molar-refractivity contribution in [2.24, 2.45) is 5.92 Å². The standard InChI is InChI=1S/C9H15Cl/c1-3-5-8-7(4-2)9(8)6-10/h8H,3-6H2,1-2H3. The van der Waals surface area contributed by atoms with Crippen LogP contribution in [0.2, 0.25) is 0 Å². The quantitative estimate of drug-likeness (QED) is 0.435. The summed E-state index contributed by atoms with van der Waals surface area (Å²) in [5, 5.41) is 0. The molecule has 0 saturated heterocycles. The number of halogens is 1. The van der Waals surface area contributed by atoms with Crippen LogP contribution >= 0.6 is 11.6 Å². The van der Waals surface area contributed by atoms with Crippen molar-refractivity contribution >= 4 is 11.6 Å². The third kappa shape index (κ3) is 1.37. The molecule has 58 valence electrons. The first kappa shape index (κ1) is 8.13. The van der Waals surface area contributed by atoms with E-state index < -0.39 is 0 Å². The van der Waals surface area contributed by atoms with Gasteiger partial charge in [-0.15, -0.1) is 11.6 Å². The van der Waals surface area contributed by atoms with E-state index in [2.05, 4.69) is 13.8 Å². The van der Waals surface area contributed by atoms with Crippen LogP contribution in [0.3, 0.4) is 0 Å². The first-order chi connectivity index (χ1) is 4.85. The molecule has 1 unspecified atom stereocenters. The first-order valence-electron chi connectivity index (χ1n) is 4.12. The summed E-state index contributed by atoms with van der Waals surface area (Å²) in [6.07, 6.45) is 3.83. The lowest BCUT2D eigenvalue weighted by Gasteiger charge is -1.94. The Morgan fingerprint density at radius 1 is 1.30 bits per heavy atom. The Bertz CT molecular complexity index is 133. The minimum absolute atomic E-state index is 0.772. The van der Waals surface area contributed by atoms with Gasteiger partial charge in [0.05, 0.1) is 0 Å². The average Bonchev–Trinajstić information content (AvgIpc) is 2.62. The molecule has 0 aromatic rings. The lowest BCUT2D eigenvalue weighted by atomic mass is 10.1. The van der Waals surface area contributed by atoms with Gasteiger partial charge in [0.1, 0.15) is 0 Å². The summed E-state index contributed by atoms with van der Waals surface area (Å²) >= 11 is 5.75. The molecule has 0 aliphatic heterocycles. The third-order valence-corrected chi connectivity index (χ3v) is 2.56. The molecule has 0 aromatic carbocycles. The predicted octanol–water partition coefficient (Wildman–Crippen LogP) is 3.36. The summed E-state index contributed by atoms with van der Waals surface area (Å²) < 4.78 is 0. The number of hydrogen-bond donors (Lipinski definition) is 0. The van der Waals surface area contributed by atoms with E-state index in [4.69, 9.17) is 11.6 Å². The van der Waals surface area contributed by atoms with Gasteiger partial charge in [0, 0.05) is 11.8 Å². The van der Waals surface area contributed by atoms with Crippen LogP contribution in [0.5, 0.6) is 0 Å². The Morgan fingerprint density at radius 3 is 2.30 bits per heavy atom. The van der Waals surface area contributed by atoms with Crippen molar-refractivity contribution in [1.29, 1.82) is 0 Å². The lowest BCUT2D eigenvalue weighted by Crippen LogP contribution is -1.82. The van der Waals surface area contributed by atoms with Gasteiger partial charge in [-0.1, -0.05) is 25.8 Å². The molecule has 1 aliphatic carbocycles. The highest BCUT2D eigenvalue weighted by molar-refractivity contribution is 6.20. The Hall–Kier alpha value is 0.0300. The van der Waals surface area contributed by atoms with Crippen molar-refractivity contribution in [2.75, 3.05) is 5.88 Å². The van der Waals surface area contributed by atoms with E-state index in [-0.39, 0.29) is 0 Å². The maximum absolute atomic E-state index is 5.75. The predicted molar refractivity (Wildman–Crippen MR) is 46.4 cm³/mol. The van der Waals surface area contributed by atoms with Crippen molar-refractivity contribution in [1.82, 2.24) is 0 Å². The maximum Gasteiger partial charge on any atom is 0.0442 e. The fourth-order valence-electron chi connectivity index (χ4n) is 1.67. The summed E-state index contributed by atoms with van der Waals surface area (Å²) in [5.41, 5.74) is 3.17. The summed E-state index contributed by atoms with van der Waals surface area (Å²) in [7, 11) is 0. The molecule has 1 atom stereocenters. The molecular formula is C9H15Cl. The van der Waals surface area contributed by atoms with E-state index in [1.54, 1.807) is 5.57 Å². The fraction of sp³-hybridized carbons (Fsp3) is 0.778. The monoisotopic (exact) mass is 158 g/mol. The van der Waals surface area contributed by atoms with Crippen LogP contribution in [0.4, 0.5) is 0 Å². The molecule has 0 nitrogen and oxygen atoms in total. The van der Waals surface area contributed by atoms with Crippen molar-refractivity contribution in [3.8, 4) is 0 Å². The lowest BCUT2D eigenvalue weighted by molar-refractivity contribution is 0.710. The molecule has 0 radical (unpaired) electrons.